The Morgan fingerprint density at radius 2 is 2.00 bits per heavy atom. The largest absolute Gasteiger partial charge is 0.505 e. The van der Waals surface area contributed by atoms with Gasteiger partial charge in [-0.25, -0.2) is 10.6 Å². The molecule has 0 heterocycles. The van der Waals surface area contributed by atoms with E-state index in [2.05, 4.69) is 5.32 Å². The number of urea groups is 1. The molecule has 5 N–H and O–H groups in total. The van der Waals surface area contributed by atoms with Crippen LogP contribution >= 0.6 is 0 Å². The maximum Gasteiger partial charge on any atom is 0.333 e. The molecule has 100 valence electrons. The van der Waals surface area contributed by atoms with E-state index < -0.39 is 6.03 Å². The van der Waals surface area contributed by atoms with Crippen LogP contribution in [0.15, 0.2) is 12.1 Å². The van der Waals surface area contributed by atoms with Crippen LogP contribution in [0, 0.1) is 0 Å². The van der Waals surface area contributed by atoms with E-state index in [1.54, 1.807) is 6.07 Å². The minimum Gasteiger partial charge on any atom is -0.505 e. The lowest BCUT2D eigenvalue weighted by atomic mass is 9.86. The van der Waals surface area contributed by atoms with Crippen molar-refractivity contribution in [2.75, 3.05) is 12.4 Å². The molecule has 0 fully saturated rings. The number of phenolic OH excluding ortho intramolecular Hbond substituents is 1. The van der Waals surface area contributed by atoms with E-state index in [0.29, 0.717) is 11.3 Å². The number of ether oxygens (including phenoxy) is 1. The molecular weight excluding hydrogens is 234 g/mol. The minimum atomic E-state index is -0.613. The first kappa shape index (κ1) is 14.1. The van der Waals surface area contributed by atoms with Gasteiger partial charge in [-0.05, 0) is 11.5 Å². The van der Waals surface area contributed by atoms with Crippen LogP contribution in [-0.4, -0.2) is 18.2 Å². The molecule has 0 spiro atoms. The zero-order chi connectivity index (χ0) is 13.9. The Balaban J connectivity index is 3.29. The Morgan fingerprint density at radius 3 is 2.44 bits per heavy atom. The highest BCUT2D eigenvalue weighted by atomic mass is 16.5. The summed E-state index contributed by atoms with van der Waals surface area (Å²) in [6.45, 7) is 5.86. The molecule has 0 aromatic heterocycles. The van der Waals surface area contributed by atoms with Crippen LogP contribution in [-0.2, 0) is 5.41 Å². The number of amides is 2. The molecule has 0 saturated carbocycles. The highest BCUT2D eigenvalue weighted by Crippen LogP contribution is 2.39. The van der Waals surface area contributed by atoms with Crippen molar-refractivity contribution in [1.29, 1.82) is 0 Å². The third kappa shape index (κ3) is 3.04. The zero-order valence-electron chi connectivity index (χ0n) is 11.0. The van der Waals surface area contributed by atoms with Crippen molar-refractivity contribution in [1.82, 2.24) is 5.43 Å². The van der Waals surface area contributed by atoms with Crippen LogP contribution < -0.4 is 21.3 Å². The number of benzene rings is 1. The molecule has 0 aliphatic rings. The van der Waals surface area contributed by atoms with Crippen molar-refractivity contribution in [3.05, 3.63) is 17.7 Å². The summed E-state index contributed by atoms with van der Waals surface area (Å²) in [4.78, 5) is 11.2. The van der Waals surface area contributed by atoms with E-state index in [9.17, 15) is 9.90 Å². The Labute approximate surface area is 106 Å². The lowest BCUT2D eigenvalue weighted by Crippen LogP contribution is -2.34. The van der Waals surface area contributed by atoms with Gasteiger partial charge in [-0.1, -0.05) is 20.8 Å². The van der Waals surface area contributed by atoms with Gasteiger partial charge in [0.1, 0.15) is 11.5 Å². The maximum absolute atomic E-state index is 11.2. The minimum absolute atomic E-state index is 0.00639. The summed E-state index contributed by atoms with van der Waals surface area (Å²) in [5, 5.41) is 12.6. The van der Waals surface area contributed by atoms with Crippen LogP contribution in [0.3, 0.4) is 0 Å². The summed E-state index contributed by atoms with van der Waals surface area (Å²) in [6, 6.07) is 2.65. The summed E-state index contributed by atoms with van der Waals surface area (Å²) < 4.78 is 5.15. The number of hydrogen-bond acceptors (Lipinski definition) is 4. The molecule has 0 saturated heterocycles. The van der Waals surface area contributed by atoms with Crippen LogP contribution in [0.25, 0.3) is 0 Å². The zero-order valence-corrected chi connectivity index (χ0v) is 11.0. The Kier molecular flexibility index (Phi) is 4.03. The van der Waals surface area contributed by atoms with Crippen LogP contribution in [0.5, 0.6) is 11.5 Å². The smallest absolute Gasteiger partial charge is 0.333 e. The van der Waals surface area contributed by atoms with E-state index in [1.165, 1.54) is 13.2 Å². The first-order valence-electron chi connectivity index (χ1n) is 5.48. The van der Waals surface area contributed by atoms with Crippen molar-refractivity contribution in [2.45, 2.75) is 26.2 Å². The van der Waals surface area contributed by atoms with E-state index in [1.807, 2.05) is 26.2 Å². The van der Waals surface area contributed by atoms with Crippen molar-refractivity contribution in [2.24, 2.45) is 5.84 Å². The van der Waals surface area contributed by atoms with Crippen molar-refractivity contribution < 1.29 is 14.6 Å². The number of phenols is 1. The second kappa shape index (κ2) is 5.14. The number of carbonyl (C=O) groups excluding carboxylic acids is 1. The van der Waals surface area contributed by atoms with Gasteiger partial charge in [-0.2, -0.15) is 0 Å². The highest BCUT2D eigenvalue weighted by Gasteiger charge is 2.22. The molecule has 0 aliphatic carbocycles. The molecule has 6 heteroatoms. The van der Waals surface area contributed by atoms with Crippen molar-refractivity contribution >= 4 is 11.7 Å². The predicted molar refractivity (Wildman–Crippen MR) is 69.7 cm³/mol. The number of hydrogen-bond donors (Lipinski definition) is 4. The van der Waals surface area contributed by atoms with Gasteiger partial charge in [0.2, 0.25) is 0 Å². The predicted octanol–water partition coefficient (Wildman–Crippen LogP) is 1.69. The SMILES string of the molecule is COc1cc(NC(=O)NN)c(O)c(C(C)(C)C)c1. The number of nitrogens with one attached hydrogen (secondary N) is 2. The normalized spacial score (nSPS) is 10.9. The van der Waals surface area contributed by atoms with E-state index in [4.69, 9.17) is 10.6 Å². The third-order valence-corrected chi connectivity index (χ3v) is 2.51. The molecule has 0 atom stereocenters. The fraction of sp³-hybridized carbons (Fsp3) is 0.417. The second-order valence-electron chi connectivity index (χ2n) is 4.92. The van der Waals surface area contributed by atoms with Gasteiger partial charge in [-0.15, -0.1) is 0 Å². The van der Waals surface area contributed by atoms with Crippen LogP contribution in [0.4, 0.5) is 10.5 Å². The van der Waals surface area contributed by atoms with Crippen LogP contribution in [0.1, 0.15) is 26.3 Å². The molecule has 18 heavy (non-hydrogen) atoms. The number of rotatable bonds is 2. The van der Waals surface area contributed by atoms with Gasteiger partial charge in [0.05, 0.1) is 12.8 Å². The number of carbonyl (C=O) groups is 1. The Hall–Kier alpha value is -1.95. The summed E-state index contributed by atoms with van der Waals surface area (Å²) in [7, 11) is 1.52. The first-order chi connectivity index (χ1) is 8.29. The molecule has 0 radical (unpaired) electrons. The fourth-order valence-electron chi connectivity index (χ4n) is 1.55. The summed E-state index contributed by atoms with van der Waals surface area (Å²) in [5.41, 5.74) is 2.58. The Bertz CT molecular complexity index is 453. The summed E-state index contributed by atoms with van der Waals surface area (Å²) in [6.07, 6.45) is 0. The molecule has 1 aromatic carbocycles. The average Bonchev–Trinajstić information content (AvgIpc) is 2.29. The van der Waals surface area contributed by atoms with E-state index >= 15 is 0 Å². The van der Waals surface area contributed by atoms with Crippen LogP contribution in [0.2, 0.25) is 0 Å². The summed E-state index contributed by atoms with van der Waals surface area (Å²) in [5.74, 6) is 5.54. The van der Waals surface area contributed by atoms with Gasteiger partial charge in [0.15, 0.2) is 0 Å². The number of hydrazine groups is 1. The molecule has 0 aliphatic heterocycles. The average molecular weight is 253 g/mol. The molecular formula is C12H19N3O3. The molecule has 2 amide bonds. The maximum atomic E-state index is 11.2. The van der Waals surface area contributed by atoms with Gasteiger partial charge in [0, 0.05) is 11.6 Å². The first-order valence-corrected chi connectivity index (χ1v) is 5.48. The van der Waals surface area contributed by atoms with Crippen molar-refractivity contribution in [3.8, 4) is 11.5 Å². The van der Waals surface area contributed by atoms with Gasteiger partial charge < -0.3 is 15.2 Å². The van der Waals surface area contributed by atoms with Gasteiger partial charge in [-0.3, -0.25) is 5.43 Å². The van der Waals surface area contributed by atoms with Gasteiger partial charge >= 0.3 is 6.03 Å². The topological polar surface area (TPSA) is 96.6 Å². The number of anilines is 1. The molecule has 6 nitrogen and oxygen atoms in total. The molecule has 1 aromatic rings. The number of aromatic hydroxyl groups is 1. The summed E-state index contributed by atoms with van der Waals surface area (Å²) >= 11 is 0. The second-order valence-corrected chi connectivity index (χ2v) is 4.92. The number of nitrogens with two attached hydrogens (primary N) is 1. The van der Waals surface area contributed by atoms with E-state index in [-0.39, 0.29) is 16.9 Å². The lowest BCUT2D eigenvalue weighted by Gasteiger charge is -2.23. The van der Waals surface area contributed by atoms with Crippen molar-refractivity contribution in [3.63, 3.8) is 0 Å². The molecule has 0 bridgehead atoms. The van der Waals surface area contributed by atoms with E-state index in [0.717, 1.165) is 0 Å². The number of methoxy groups -OCH3 is 1. The standard InChI is InChI=1S/C12H19N3O3/c1-12(2,3)8-5-7(18-4)6-9(10(8)16)14-11(17)15-13/h5-6,16H,13H2,1-4H3,(H2,14,15,17). The lowest BCUT2D eigenvalue weighted by molar-refractivity contribution is 0.252. The highest BCUT2D eigenvalue weighted by molar-refractivity contribution is 5.91. The fourth-order valence-corrected chi connectivity index (χ4v) is 1.55. The Morgan fingerprint density at radius 1 is 1.39 bits per heavy atom. The van der Waals surface area contributed by atoms with Gasteiger partial charge in [0.25, 0.3) is 0 Å². The monoisotopic (exact) mass is 253 g/mol. The quantitative estimate of drug-likeness (QED) is 0.279. The molecule has 1 rings (SSSR count). The third-order valence-electron chi connectivity index (χ3n) is 2.51. The molecule has 0 unspecified atom stereocenters.